The minimum atomic E-state index is -1.29. The summed E-state index contributed by atoms with van der Waals surface area (Å²) in [5.74, 6) is -1.04. The summed E-state index contributed by atoms with van der Waals surface area (Å²) in [6, 6.07) is 0. The second kappa shape index (κ2) is 10.1. The summed E-state index contributed by atoms with van der Waals surface area (Å²) in [6.45, 7) is 10.2. The number of esters is 2. The lowest BCUT2D eigenvalue weighted by Crippen LogP contribution is -2.43. The first-order valence-electron chi connectivity index (χ1n) is 8.91. The molecule has 0 unspecified atom stereocenters. The Morgan fingerprint density at radius 3 is 2.29 bits per heavy atom. The SMILES string of the molecule is C=C1CC(C(=O)OCC)(C(=O)OCC)CC=C1C=CCCCCC. The first-order valence-corrected chi connectivity index (χ1v) is 8.91. The highest BCUT2D eigenvalue weighted by Crippen LogP contribution is 2.40. The lowest BCUT2D eigenvalue weighted by atomic mass is 9.72. The Labute approximate surface area is 145 Å². The Kier molecular flexibility index (Phi) is 8.51. The van der Waals surface area contributed by atoms with Gasteiger partial charge in [-0.2, -0.15) is 0 Å². The summed E-state index contributed by atoms with van der Waals surface area (Å²) in [5, 5.41) is 0. The maximum Gasteiger partial charge on any atom is 0.324 e. The molecule has 1 rings (SSSR count). The van der Waals surface area contributed by atoms with E-state index in [1.165, 1.54) is 19.3 Å². The molecular formula is C20H30O4. The highest BCUT2D eigenvalue weighted by atomic mass is 16.6. The molecule has 0 atom stereocenters. The summed E-state index contributed by atoms with van der Waals surface area (Å²) in [4.78, 5) is 24.8. The largest absolute Gasteiger partial charge is 0.465 e. The van der Waals surface area contributed by atoms with Crippen LogP contribution >= 0.6 is 0 Å². The quantitative estimate of drug-likeness (QED) is 0.353. The van der Waals surface area contributed by atoms with Crippen molar-refractivity contribution < 1.29 is 19.1 Å². The van der Waals surface area contributed by atoms with Crippen molar-refractivity contribution in [2.45, 2.75) is 59.3 Å². The first kappa shape index (κ1) is 20.2. The fraction of sp³-hybridized carbons (Fsp3) is 0.600. The Morgan fingerprint density at radius 1 is 1.17 bits per heavy atom. The number of allylic oxidation sites excluding steroid dienone is 5. The number of carbonyl (C=O) groups is 2. The lowest BCUT2D eigenvalue weighted by Gasteiger charge is -2.32. The average Bonchev–Trinajstić information content (AvgIpc) is 2.56. The second-order valence-electron chi connectivity index (χ2n) is 6.07. The third-order valence-electron chi connectivity index (χ3n) is 4.20. The second-order valence-corrected chi connectivity index (χ2v) is 6.07. The summed E-state index contributed by atoms with van der Waals surface area (Å²) in [6.07, 6.45) is 11.2. The molecule has 1 aliphatic carbocycles. The minimum absolute atomic E-state index is 0.236. The molecule has 0 bridgehead atoms. The highest BCUT2D eigenvalue weighted by molar-refractivity contribution is 6.01. The summed E-state index contributed by atoms with van der Waals surface area (Å²) in [5.41, 5.74) is 0.479. The number of unbranched alkanes of at least 4 members (excludes halogenated alkanes) is 3. The van der Waals surface area contributed by atoms with E-state index in [2.05, 4.69) is 19.6 Å². The number of carbonyl (C=O) groups excluding carboxylic acids is 2. The standard InChI is InChI=1S/C20H30O4/c1-5-8-9-10-11-12-17-13-14-20(15-16(17)4,18(21)23-6-2)19(22)24-7-3/h11-13H,4-10,14-15H2,1-3H3. The van der Waals surface area contributed by atoms with Crippen molar-refractivity contribution in [3.8, 4) is 0 Å². The predicted molar refractivity (Wildman–Crippen MR) is 95.4 cm³/mol. The summed E-state index contributed by atoms with van der Waals surface area (Å²) in [7, 11) is 0. The van der Waals surface area contributed by atoms with E-state index in [9.17, 15) is 9.59 Å². The fourth-order valence-corrected chi connectivity index (χ4v) is 2.81. The maximum atomic E-state index is 12.4. The summed E-state index contributed by atoms with van der Waals surface area (Å²) >= 11 is 0. The third kappa shape index (κ3) is 5.08. The molecule has 1 aliphatic rings. The zero-order valence-corrected chi connectivity index (χ0v) is 15.2. The van der Waals surface area contributed by atoms with E-state index in [1.807, 2.05) is 12.2 Å². The Hall–Kier alpha value is -1.84. The number of ether oxygens (including phenoxy) is 2. The van der Waals surface area contributed by atoms with Crippen molar-refractivity contribution in [1.29, 1.82) is 0 Å². The molecule has 0 radical (unpaired) electrons. The van der Waals surface area contributed by atoms with Crippen LogP contribution in [0, 0.1) is 5.41 Å². The van der Waals surface area contributed by atoms with Gasteiger partial charge in [0.2, 0.25) is 0 Å². The minimum Gasteiger partial charge on any atom is -0.465 e. The van der Waals surface area contributed by atoms with Gasteiger partial charge >= 0.3 is 11.9 Å². The van der Waals surface area contributed by atoms with E-state index in [-0.39, 0.29) is 19.6 Å². The van der Waals surface area contributed by atoms with Crippen LogP contribution in [0.25, 0.3) is 0 Å². The zero-order chi connectivity index (χ0) is 18.0. The van der Waals surface area contributed by atoms with Gasteiger partial charge < -0.3 is 9.47 Å². The van der Waals surface area contributed by atoms with Gasteiger partial charge in [0, 0.05) is 0 Å². The van der Waals surface area contributed by atoms with Gasteiger partial charge in [0.25, 0.3) is 0 Å². The molecule has 0 heterocycles. The summed E-state index contributed by atoms with van der Waals surface area (Å²) < 4.78 is 10.3. The first-order chi connectivity index (χ1) is 11.5. The van der Waals surface area contributed by atoms with Crippen molar-refractivity contribution in [2.24, 2.45) is 5.41 Å². The topological polar surface area (TPSA) is 52.6 Å². The van der Waals surface area contributed by atoms with Crippen molar-refractivity contribution in [2.75, 3.05) is 13.2 Å². The molecule has 4 heteroatoms. The van der Waals surface area contributed by atoms with Gasteiger partial charge in [-0.25, -0.2) is 0 Å². The van der Waals surface area contributed by atoms with E-state index in [0.717, 1.165) is 17.6 Å². The van der Waals surface area contributed by atoms with Crippen molar-refractivity contribution in [3.05, 3.63) is 36.0 Å². The van der Waals surface area contributed by atoms with E-state index in [1.54, 1.807) is 13.8 Å². The van der Waals surface area contributed by atoms with Gasteiger partial charge in [0.1, 0.15) is 0 Å². The smallest absolute Gasteiger partial charge is 0.324 e. The lowest BCUT2D eigenvalue weighted by molar-refractivity contribution is -0.172. The van der Waals surface area contributed by atoms with Crippen LogP contribution < -0.4 is 0 Å². The van der Waals surface area contributed by atoms with Gasteiger partial charge in [-0.3, -0.25) is 9.59 Å². The van der Waals surface area contributed by atoms with Crippen molar-refractivity contribution in [1.82, 2.24) is 0 Å². The van der Waals surface area contributed by atoms with Gasteiger partial charge in [0.05, 0.1) is 13.2 Å². The Balaban J connectivity index is 2.90. The van der Waals surface area contributed by atoms with Crippen LogP contribution in [0.2, 0.25) is 0 Å². The van der Waals surface area contributed by atoms with Crippen LogP contribution in [0.1, 0.15) is 59.3 Å². The molecular weight excluding hydrogens is 304 g/mol. The van der Waals surface area contributed by atoms with Crippen LogP contribution in [-0.4, -0.2) is 25.2 Å². The van der Waals surface area contributed by atoms with Crippen LogP contribution in [-0.2, 0) is 19.1 Å². The molecule has 0 spiro atoms. The van der Waals surface area contributed by atoms with E-state index in [4.69, 9.17) is 9.47 Å². The molecule has 0 fully saturated rings. The molecule has 0 aliphatic heterocycles. The predicted octanol–water partition coefficient (Wildman–Crippen LogP) is 4.51. The van der Waals surface area contributed by atoms with Crippen LogP contribution in [0.5, 0.6) is 0 Å². The van der Waals surface area contributed by atoms with Gasteiger partial charge in [-0.05, 0) is 50.7 Å². The highest BCUT2D eigenvalue weighted by Gasteiger charge is 2.50. The number of hydrogen-bond donors (Lipinski definition) is 0. The van der Waals surface area contributed by atoms with Crippen molar-refractivity contribution >= 4 is 11.9 Å². The molecule has 0 N–H and O–H groups in total. The molecule has 4 nitrogen and oxygen atoms in total. The fourth-order valence-electron chi connectivity index (χ4n) is 2.81. The van der Waals surface area contributed by atoms with E-state index in [0.29, 0.717) is 6.42 Å². The van der Waals surface area contributed by atoms with E-state index >= 15 is 0 Å². The monoisotopic (exact) mass is 334 g/mol. The third-order valence-corrected chi connectivity index (χ3v) is 4.20. The molecule has 134 valence electrons. The van der Waals surface area contributed by atoms with Crippen LogP contribution in [0.4, 0.5) is 0 Å². The van der Waals surface area contributed by atoms with Crippen LogP contribution in [0.15, 0.2) is 36.0 Å². The zero-order valence-electron chi connectivity index (χ0n) is 15.2. The number of rotatable bonds is 9. The molecule has 0 aromatic carbocycles. The molecule has 0 aromatic heterocycles. The Bertz CT molecular complexity index is 496. The molecule has 0 amide bonds. The molecule has 0 aromatic rings. The van der Waals surface area contributed by atoms with Crippen molar-refractivity contribution in [3.63, 3.8) is 0 Å². The Morgan fingerprint density at radius 2 is 1.79 bits per heavy atom. The molecule has 0 saturated heterocycles. The molecule has 24 heavy (non-hydrogen) atoms. The van der Waals surface area contributed by atoms with Crippen LogP contribution in [0.3, 0.4) is 0 Å². The number of hydrogen-bond acceptors (Lipinski definition) is 4. The maximum absolute atomic E-state index is 12.4. The normalized spacial score (nSPS) is 16.8. The van der Waals surface area contributed by atoms with Gasteiger partial charge in [-0.1, -0.05) is 44.6 Å². The molecule has 0 saturated carbocycles. The van der Waals surface area contributed by atoms with Gasteiger partial charge in [-0.15, -0.1) is 0 Å². The average molecular weight is 334 g/mol. The van der Waals surface area contributed by atoms with E-state index < -0.39 is 17.4 Å². The van der Waals surface area contributed by atoms with Gasteiger partial charge in [0.15, 0.2) is 5.41 Å².